The summed E-state index contributed by atoms with van der Waals surface area (Å²) in [7, 11) is 1.61. The summed E-state index contributed by atoms with van der Waals surface area (Å²) < 4.78 is 1.45. The first-order valence-corrected chi connectivity index (χ1v) is 8.65. The van der Waals surface area contributed by atoms with Crippen LogP contribution in [0.4, 0.5) is 5.69 Å². The molecular weight excluding hydrogens is 360 g/mol. The summed E-state index contributed by atoms with van der Waals surface area (Å²) in [5.41, 5.74) is 2.38. The highest BCUT2D eigenvalue weighted by atomic mass is 16.3. The van der Waals surface area contributed by atoms with Crippen molar-refractivity contribution in [1.29, 1.82) is 0 Å². The summed E-state index contributed by atoms with van der Waals surface area (Å²) in [4.78, 5) is 48.9. The van der Waals surface area contributed by atoms with Crippen molar-refractivity contribution in [3.63, 3.8) is 0 Å². The summed E-state index contributed by atoms with van der Waals surface area (Å²) in [6.45, 7) is -0.708. The molecule has 1 aliphatic carbocycles. The van der Waals surface area contributed by atoms with Crippen molar-refractivity contribution in [2.24, 2.45) is 7.05 Å². The van der Waals surface area contributed by atoms with Gasteiger partial charge < -0.3 is 15.0 Å². The third-order valence-electron chi connectivity index (χ3n) is 4.87. The number of aliphatic hydroxyl groups is 1. The Labute approximate surface area is 159 Å². The van der Waals surface area contributed by atoms with Crippen molar-refractivity contribution in [2.45, 2.75) is 6.42 Å². The molecule has 2 aromatic carbocycles. The first kappa shape index (κ1) is 17.8. The molecule has 0 bridgehead atoms. The second kappa shape index (κ2) is 6.54. The van der Waals surface area contributed by atoms with Gasteiger partial charge in [0.15, 0.2) is 11.6 Å². The van der Waals surface area contributed by atoms with E-state index >= 15 is 0 Å². The third kappa shape index (κ3) is 2.64. The number of hydrogen-bond acceptors (Lipinski definition) is 5. The zero-order valence-corrected chi connectivity index (χ0v) is 15.0. The van der Waals surface area contributed by atoms with Crippen LogP contribution >= 0.6 is 0 Å². The molecule has 1 aliphatic rings. The lowest BCUT2D eigenvalue weighted by molar-refractivity contribution is -0.127. The summed E-state index contributed by atoms with van der Waals surface area (Å²) in [5.74, 6) is -1.33. The molecule has 7 nitrogen and oxygen atoms in total. The van der Waals surface area contributed by atoms with Gasteiger partial charge in [-0.05, 0) is 12.1 Å². The van der Waals surface area contributed by atoms with E-state index in [-0.39, 0.29) is 11.3 Å². The second-order valence-corrected chi connectivity index (χ2v) is 6.64. The fourth-order valence-corrected chi connectivity index (χ4v) is 3.60. The van der Waals surface area contributed by atoms with E-state index < -0.39 is 24.7 Å². The monoisotopic (exact) mass is 376 g/mol. The van der Waals surface area contributed by atoms with Crippen molar-refractivity contribution in [3.05, 3.63) is 63.9 Å². The van der Waals surface area contributed by atoms with Gasteiger partial charge in [-0.25, -0.2) is 0 Å². The van der Waals surface area contributed by atoms with E-state index in [9.17, 15) is 19.2 Å². The molecule has 140 valence electrons. The van der Waals surface area contributed by atoms with E-state index in [1.165, 1.54) is 10.6 Å². The normalized spacial score (nSPS) is 12.0. The number of rotatable bonds is 4. The molecule has 0 saturated heterocycles. The van der Waals surface area contributed by atoms with E-state index in [4.69, 9.17) is 5.11 Å². The maximum atomic E-state index is 12.9. The van der Waals surface area contributed by atoms with Gasteiger partial charge >= 0.3 is 0 Å². The molecule has 0 fully saturated rings. The van der Waals surface area contributed by atoms with Gasteiger partial charge in [-0.3, -0.25) is 19.2 Å². The molecule has 1 aromatic heterocycles. The van der Waals surface area contributed by atoms with Crippen LogP contribution in [0.2, 0.25) is 0 Å². The molecule has 28 heavy (non-hydrogen) atoms. The number of aromatic nitrogens is 1. The molecule has 2 N–H and O–H groups in total. The Balaban J connectivity index is 1.84. The minimum atomic E-state index is -0.708. The minimum absolute atomic E-state index is 0.142. The van der Waals surface area contributed by atoms with Crippen molar-refractivity contribution < 1.29 is 19.5 Å². The van der Waals surface area contributed by atoms with Gasteiger partial charge in [-0.1, -0.05) is 30.3 Å². The first-order chi connectivity index (χ1) is 13.4. The Morgan fingerprint density at radius 1 is 1.04 bits per heavy atom. The average Bonchev–Trinajstić information content (AvgIpc) is 2.99. The van der Waals surface area contributed by atoms with Crippen molar-refractivity contribution in [1.82, 2.24) is 4.57 Å². The fourth-order valence-electron chi connectivity index (χ4n) is 3.60. The zero-order chi connectivity index (χ0) is 20.0. The average molecular weight is 376 g/mol. The van der Waals surface area contributed by atoms with Crippen LogP contribution in [0.3, 0.4) is 0 Å². The predicted molar refractivity (Wildman–Crippen MR) is 103 cm³/mol. The first-order valence-electron chi connectivity index (χ1n) is 8.65. The molecule has 3 aromatic rings. The molecule has 0 radical (unpaired) electrons. The second-order valence-electron chi connectivity index (χ2n) is 6.64. The third-order valence-corrected chi connectivity index (χ3v) is 4.87. The van der Waals surface area contributed by atoms with Gasteiger partial charge in [0.1, 0.15) is 6.61 Å². The van der Waals surface area contributed by atoms with Crippen molar-refractivity contribution in [2.75, 3.05) is 11.9 Å². The summed E-state index contributed by atoms with van der Waals surface area (Å²) in [5, 5.41) is 12.1. The van der Waals surface area contributed by atoms with E-state index in [1.807, 2.05) is 12.1 Å². The van der Waals surface area contributed by atoms with Crippen LogP contribution in [-0.2, 0) is 16.6 Å². The quantitative estimate of drug-likeness (QED) is 0.527. The van der Waals surface area contributed by atoms with Gasteiger partial charge in [0.25, 0.3) is 5.56 Å². The van der Waals surface area contributed by atoms with E-state index in [0.29, 0.717) is 33.3 Å². The van der Waals surface area contributed by atoms with Crippen LogP contribution in [0.25, 0.3) is 22.0 Å². The van der Waals surface area contributed by atoms with Gasteiger partial charge in [-0.2, -0.15) is 0 Å². The fraction of sp³-hybridized carbons (Fsp3) is 0.143. The van der Waals surface area contributed by atoms with Crippen LogP contribution in [0, 0.1) is 0 Å². The Morgan fingerprint density at radius 3 is 2.46 bits per heavy atom. The highest BCUT2D eigenvalue weighted by molar-refractivity contribution is 6.26. The summed E-state index contributed by atoms with van der Waals surface area (Å²) >= 11 is 0. The molecule has 7 heteroatoms. The van der Waals surface area contributed by atoms with Crippen LogP contribution in [0.15, 0.2) is 47.3 Å². The molecule has 1 amide bonds. The number of carbonyl (C=O) groups excluding carboxylic acids is 3. The van der Waals surface area contributed by atoms with E-state index in [0.717, 1.165) is 5.56 Å². The van der Waals surface area contributed by atoms with Gasteiger partial charge in [0, 0.05) is 29.2 Å². The van der Waals surface area contributed by atoms with Crippen molar-refractivity contribution in [3.8, 4) is 11.3 Å². The number of Topliss-reactive ketones (excluding diaryl/α,β-unsaturated/α-hetero) is 1. The predicted octanol–water partition coefficient (Wildman–Crippen LogP) is 1.64. The van der Waals surface area contributed by atoms with Crippen molar-refractivity contribution >= 4 is 33.9 Å². The molecule has 0 unspecified atom stereocenters. The number of hydrogen-bond donors (Lipinski definition) is 2. The maximum absolute atomic E-state index is 12.9. The number of fused-ring (bicyclic) bond motifs is 5. The number of carbonyl (C=O) groups is 3. The molecule has 1 heterocycles. The Morgan fingerprint density at radius 2 is 1.75 bits per heavy atom. The smallest absolute Gasteiger partial charge is 0.258 e. The topological polar surface area (TPSA) is 105 Å². The number of nitrogens with one attached hydrogen (secondary N) is 1. The lowest BCUT2D eigenvalue weighted by Crippen LogP contribution is -2.21. The highest BCUT2D eigenvalue weighted by Crippen LogP contribution is 2.39. The number of anilines is 1. The lowest BCUT2D eigenvalue weighted by Gasteiger charge is -2.12. The Kier molecular flexibility index (Phi) is 4.16. The highest BCUT2D eigenvalue weighted by Gasteiger charge is 2.31. The summed E-state index contributed by atoms with van der Waals surface area (Å²) in [6.07, 6.45) is -0.454. The number of amides is 1. The number of nitrogens with zero attached hydrogens (tertiary/aromatic N) is 1. The van der Waals surface area contributed by atoms with Gasteiger partial charge in [-0.15, -0.1) is 0 Å². The van der Waals surface area contributed by atoms with Crippen LogP contribution in [0.5, 0.6) is 0 Å². The SMILES string of the molecule is Cn1c2c(c3ccc(NC(=O)CC(=O)CO)cc3c1=O)C(=O)c1ccccc1-2. The number of pyridine rings is 1. The lowest BCUT2D eigenvalue weighted by atomic mass is 10.0. The molecule has 0 saturated carbocycles. The summed E-state index contributed by atoms with van der Waals surface area (Å²) in [6, 6.07) is 11.9. The minimum Gasteiger partial charge on any atom is -0.389 e. The van der Waals surface area contributed by atoms with Gasteiger partial charge in [0.2, 0.25) is 5.91 Å². The van der Waals surface area contributed by atoms with Gasteiger partial charge in [0.05, 0.1) is 23.1 Å². The zero-order valence-electron chi connectivity index (χ0n) is 15.0. The largest absolute Gasteiger partial charge is 0.389 e. The molecular formula is C21H16N2O5. The molecule has 0 aliphatic heterocycles. The van der Waals surface area contributed by atoms with E-state index in [1.54, 1.807) is 31.3 Å². The van der Waals surface area contributed by atoms with E-state index in [2.05, 4.69) is 5.32 Å². The Hall–Kier alpha value is -3.58. The number of aliphatic hydroxyl groups excluding tert-OH is 1. The maximum Gasteiger partial charge on any atom is 0.258 e. The van der Waals surface area contributed by atoms with Crippen LogP contribution < -0.4 is 10.9 Å². The Bertz CT molecular complexity index is 1240. The number of benzene rings is 2. The molecule has 4 rings (SSSR count). The molecule has 0 atom stereocenters. The van der Waals surface area contributed by atoms with Crippen LogP contribution in [0.1, 0.15) is 22.3 Å². The number of ketones is 2. The standard InChI is InChI=1S/C21H16N2O5/c1-23-19-14-4-2-3-5-15(14)20(27)18(19)13-7-6-11(8-16(13)21(23)28)22-17(26)9-12(25)10-24/h2-8,24H,9-10H2,1H3,(H,22,26). The molecule has 0 spiro atoms. The van der Waals surface area contributed by atoms with Crippen LogP contribution in [-0.4, -0.2) is 33.8 Å².